The van der Waals surface area contributed by atoms with Crippen molar-refractivity contribution in [3.63, 3.8) is 0 Å². The highest BCUT2D eigenvalue weighted by atomic mass is 35.5. The van der Waals surface area contributed by atoms with Crippen molar-refractivity contribution in [1.29, 1.82) is 0 Å². The maximum atomic E-state index is 10.5. The third-order valence-corrected chi connectivity index (χ3v) is 6.20. The summed E-state index contributed by atoms with van der Waals surface area (Å²) in [5, 5.41) is 3.75. The minimum absolute atomic E-state index is 0.602. The van der Waals surface area contributed by atoms with Crippen LogP contribution in [0.3, 0.4) is 0 Å². The first-order valence-corrected chi connectivity index (χ1v) is 10.9. The van der Waals surface area contributed by atoms with Gasteiger partial charge in [-0.05, 0) is 50.2 Å². The van der Waals surface area contributed by atoms with Crippen molar-refractivity contribution < 1.29 is 9.53 Å². The Morgan fingerprint density at radius 1 is 1.39 bits per heavy atom. The van der Waals surface area contributed by atoms with Gasteiger partial charge in [0.05, 0.1) is 7.11 Å². The Morgan fingerprint density at radius 3 is 2.68 bits per heavy atom. The van der Waals surface area contributed by atoms with E-state index in [1.807, 2.05) is 35.4 Å². The second-order valence-corrected chi connectivity index (χ2v) is 8.09. The summed E-state index contributed by atoms with van der Waals surface area (Å²) in [7, 11) is 1.67. The molecule has 1 aromatic rings. The molecule has 1 aromatic heterocycles. The van der Waals surface area contributed by atoms with Gasteiger partial charge in [-0.25, -0.2) is 4.98 Å². The van der Waals surface area contributed by atoms with Crippen LogP contribution in [-0.4, -0.2) is 60.5 Å². The number of nitrogens with zero attached hydrogens (tertiary/aromatic N) is 3. The van der Waals surface area contributed by atoms with Crippen LogP contribution in [0.2, 0.25) is 0 Å². The van der Waals surface area contributed by atoms with Crippen molar-refractivity contribution in [3.8, 4) is 0 Å². The van der Waals surface area contributed by atoms with Crippen molar-refractivity contribution in [2.24, 2.45) is 0 Å². The number of thiazole rings is 1. The van der Waals surface area contributed by atoms with Gasteiger partial charge in [0.2, 0.25) is 6.41 Å². The molecule has 0 bridgehead atoms. The zero-order valence-corrected chi connectivity index (χ0v) is 18.7. The van der Waals surface area contributed by atoms with E-state index in [2.05, 4.69) is 23.7 Å². The number of rotatable bonds is 6. The molecular formula is C21H30ClN3O2S. The van der Waals surface area contributed by atoms with Crippen LogP contribution in [0, 0.1) is 6.92 Å². The normalized spacial score (nSPS) is 19.3. The predicted octanol–water partition coefficient (Wildman–Crippen LogP) is 4.45. The molecule has 0 N–H and O–H groups in total. The fraction of sp³-hybridized carbons (Fsp3) is 0.524. The summed E-state index contributed by atoms with van der Waals surface area (Å²) >= 11 is 7.69. The number of halogens is 1. The van der Waals surface area contributed by atoms with Crippen LogP contribution < -0.4 is 0 Å². The van der Waals surface area contributed by atoms with Crippen LogP contribution >= 0.6 is 22.9 Å². The van der Waals surface area contributed by atoms with Gasteiger partial charge < -0.3 is 9.64 Å². The van der Waals surface area contributed by atoms with E-state index in [1.165, 1.54) is 0 Å². The van der Waals surface area contributed by atoms with Crippen LogP contribution in [-0.2, 0) is 9.53 Å². The number of carbonyl (C=O) groups excluding carboxylic acids is 1. The highest BCUT2D eigenvalue weighted by Crippen LogP contribution is 2.30. The fourth-order valence-corrected chi connectivity index (χ4v) is 4.37. The number of ether oxygens (including phenoxy) is 1. The maximum absolute atomic E-state index is 10.5. The van der Waals surface area contributed by atoms with E-state index in [4.69, 9.17) is 16.3 Å². The fourth-order valence-electron chi connectivity index (χ4n) is 3.37. The Bertz CT molecular complexity index is 738. The molecule has 5 nitrogen and oxygen atoms in total. The van der Waals surface area contributed by atoms with Gasteiger partial charge in [-0.2, -0.15) is 0 Å². The molecule has 1 amide bonds. The smallest absolute Gasteiger partial charge is 0.209 e. The first kappa shape index (κ1) is 22.7. The van der Waals surface area contributed by atoms with Crippen molar-refractivity contribution >= 4 is 34.9 Å². The quantitative estimate of drug-likeness (QED) is 0.634. The minimum atomic E-state index is 0.602. The molecule has 3 rings (SSSR count). The third-order valence-electron chi connectivity index (χ3n) is 4.93. The standard InChI is InChI=1S/C12H12ClNOS.C9H18N2O/c1-8-7-16-12(14-8)9-5-10(13)3-4-11(6-9)15-2;1-3-11(4-2)9-5-6-10(7-9)8-12/h3-5,7H,6H2,1-2H3;8-9H,3-7H2,1-2H3. The van der Waals surface area contributed by atoms with Crippen molar-refractivity contribution in [1.82, 2.24) is 14.8 Å². The van der Waals surface area contributed by atoms with Crippen molar-refractivity contribution in [2.45, 2.75) is 39.7 Å². The van der Waals surface area contributed by atoms with Crippen molar-refractivity contribution in [3.05, 3.63) is 45.1 Å². The summed E-state index contributed by atoms with van der Waals surface area (Å²) in [5.74, 6) is 0.898. The van der Waals surface area contributed by atoms with E-state index in [0.29, 0.717) is 11.1 Å². The Kier molecular flexibility index (Phi) is 9.22. The topological polar surface area (TPSA) is 45.7 Å². The van der Waals surface area contributed by atoms with E-state index in [0.717, 1.165) is 67.5 Å². The number of hydrogen-bond acceptors (Lipinski definition) is 5. The summed E-state index contributed by atoms with van der Waals surface area (Å²) in [6.07, 6.45) is 8.52. The lowest BCUT2D eigenvalue weighted by molar-refractivity contribution is -0.117. The molecule has 1 aliphatic heterocycles. The van der Waals surface area contributed by atoms with Crippen LogP contribution in [0.5, 0.6) is 0 Å². The summed E-state index contributed by atoms with van der Waals surface area (Å²) in [5.41, 5.74) is 2.14. The van der Waals surface area contributed by atoms with Gasteiger partial charge in [0.15, 0.2) is 0 Å². The molecule has 28 heavy (non-hydrogen) atoms. The molecule has 2 aliphatic rings. The van der Waals surface area contributed by atoms with Gasteiger partial charge in [0, 0.05) is 41.7 Å². The third kappa shape index (κ3) is 6.47. The average Bonchev–Trinajstić information content (AvgIpc) is 3.30. The monoisotopic (exact) mass is 423 g/mol. The molecule has 2 heterocycles. The predicted molar refractivity (Wildman–Crippen MR) is 117 cm³/mol. The maximum Gasteiger partial charge on any atom is 0.209 e. The number of amides is 1. The highest BCUT2D eigenvalue weighted by molar-refractivity contribution is 7.10. The van der Waals surface area contributed by atoms with Gasteiger partial charge in [-0.1, -0.05) is 25.4 Å². The van der Waals surface area contributed by atoms with E-state index >= 15 is 0 Å². The zero-order valence-electron chi connectivity index (χ0n) is 17.2. The van der Waals surface area contributed by atoms with E-state index < -0.39 is 0 Å². The SMILES string of the molecule is CCN(CC)C1CCN(C=O)C1.COC1=CC=C(Cl)C=C(c2nc(C)cs2)C1. The molecule has 7 heteroatoms. The molecule has 1 unspecified atom stereocenters. The molecule has 1 aliphatic carbocycles. The summed E-state index contributed by atoms with van der Waals surface area (Å²) in [4.78, 5) is 19.2. The molecule has 1 fully saturated rings. The Balaban J connectivity index is 0.000000209. The Hall–Kier alpha value is -1.63. The summed E-state index contributed by atoms with van der Waals surface area (Å²) in [6.45, 7) is 10.4. The molecule has 0 saturated carbocycles. The van der Waals surface area contributed by atoms with Crippen molar-refractivity contribution in [2.75, 3.05) is 33.3 Å². The van der Waals surface area contributed by atoms with Crippen LogP contribution in [0.15, 0.2) is 34.4 Å². The molecule has 154 valence electrons. The number of likely N-dealkylation sites (tertiary alicyclic amines) is 1. The number of likely N-dealkylation sites (N-methyl/N-ethyl adjacent to an activating group) is 1. The molecule has 0 radical (unpaired) electrons. The first-order valence-electron chi connectivity index (χ1n) is 9.67. The average molecular weight is 424 g/mol. The van der Waals surface area contributed by atoms with E-state index in [-0.39, 0.29) is 0 Å². The van der Waals surface area contributed by atoms with Gasteiger partial charge in [-0.3, -0.25) is 9.69 Å². The lowest BCUT2D eigenvalue weighted by Gasteiger charge is -2.25. The molecular weight excluding hydrogens is 394 g/mol. The van der Waals surface area contributed by atoms with E-state index in [1.54, 1.807) is 18.4 Å². The second-order valence-electron chi connectivity index (χ2n) is 6.79. The summed E-state index contributed by atoms with van der Waals surface area (Å²) in [6, 6.07) is 0.602. The number of aromatic nitrogens is 1. The number of hydrogen-bond donors (Lipinski definition) is 0. The van der Waals surface area contributed by atoms with Crippen LogP contribution in [0.1, 0.15) is 37.4 Å². The van der Waals surface area contributed by atoms with Crippen LogP contribution in [0.25, 0.3) is 5.57 Å². The zero-order chi connectivity index (χ0) is 20.5. The van der Waals surface area contributed by atoms with Gasteiger partial charge in [0.1, 0.15) is 10.8 Å². The molecule has 1 saturated heterocycles. The van der Waals surface area contributed by atoms with E-state index in [9.17, 15) is 4.79 Å². The summed E-state index contributed by atoms with van der Waals surface area (Å²) < 4.78 is 5.27. The highest BCUT2D eigenvalue weighted by Gasteiger charge is 2.24. The lowest BCUT2D eigenvalue weighted by Crippen LogP contribution is -2.37. The first-order chi connectivity index (χ1) is 13.5. The Morgan fingerprint density at radius 2 is 2.14 bits per heavy atom. The number of aryl methyl sites for hydroxylation is 1. The molecule has 0 aromatic carbocycles. The van der Waals surface area contributed by atoms with Crippen LogP contribution in [0.4, 0.5) is 0 Å². The second kappa shape index (κ2) is 11.4. The molecule has 0 spiro atoms. The number of methoxy groups -OCH3 is 1. The van der Waals surface area contributed by atoms with Gasteiger partial charge in [-0.15, -0.1) is 11.3 Å². The number of carbonyl (C=O) groups is 1. The molecule has 1 atom stereocenters. The van der Waals surface area contributed by atoms with Gasteiger partial charge >= 0.3 is 0 Å². The largest absolute Gasteiger partial charge is 0.501 e. The lowest BCUT2D eigenvalue weighted by atomic mass is 10.1. The van der Waals surface area contributed by atoms with Gasteiger partial charge in [0.25, 0.3) is 0 Å². The minimum Gasteiger partial charge on any atom is -0.501 e. The Labute approximate surface area is 177 Å². The number of allylic oxidation sites excluding steroid dienone is 5.